The minimum absolute atomic E-state index is 0.302. The predicted octanol–water partition coefficient (Wildman–Crippen LogP) is 4.64. The Morgan fingerprint density at radius 3 is 2.12 bits per heavy atom. The summed E-state index contributed by atoms with van der Waals surface area (Å²) in [5.41, 5.74) is 5.20. The molecule has 0 atom stereocenters. The molecule has 1 heterocycles. The van der Waals surface area contributed by atoms with E-state index in [1.165, 1.54) is 11.5 Å². The van der Waals surface area contributed by atoms with Gasteiger partial charge in [-0.3, -0.25) is 4.79 Å². The standard InChI is InChI=1S/C19H18N4O2S/c1-12-3-7-15(8-4-12)21-19(25)22-16-9-5-14(6-10-16)17-13(2)18(20-11-24)26-23-17/h3-11H,1-2H3,(H,20,24)(H2,21,22,25). The molecule has 0 radical (unpaired) electrons. The van der Waals surface area contributed by atoms with Crippen LogP contribution in [0.5, 0.6) is 0 Å². The van der Waals surface area contributed by atoms with Crippen LogP contribution >= 0.6 is 11.5 Å². The minimum atomic E-state index is -0.302. The smallest absolute Gasteiger partial charge is 0.319 e. The number of hydrogen-bond acceptors (Lipinski definition) is 4. The van der Waals surface area contributed by atoms with Gasteiger partial charge in [-0.25, -0.2) is 4.79 Å². The highest BCUT2D eigenvalue weighted by atomic mass is 32.1. The van der Waals surface area contributed by atoms with Gasteiger partial charge in [0, 0.05) is 22.5 Å². The second kappa shape index (κ2) is 7.79. The quantitative estimate of drug-likeness (QED) is 0.575. The molecule has 0 bridgehead atoms. The highest BCUT2D eigenvalue weighted by molar-refractivity contribution is 7.10. The van der Waals surface area contributed by atoms with Crippen LogP contribution in [0.2, 0.25) is 0 Å². The van der Waals surface area contributed by atoms with Crippen molar-refractivity contribution in [3.05, 3.63) is 59.7 Å². The number of nitrogens with one attached hydrogen (secondary N) is 3. The number of hydrogen-bond donors (Lipinski definition) is 3. The van der Waals surface area contributed by atoms with E-state index in [1.807, 2.05) is 62.4 Å². The Labute approximate surface area is 155 Å². The van der Waals surface area contributed by atoms with Gasteiger partial charge in [0.05, 0.1) is 5.69 Å². The lowest BCUT2D eigenvalue weighted by Crippen LogP contribution is -2.19. The highest BCUT2D eigenvalue weighted by Crippen LogP contribution is 2.31. The second-order valence-corrected chi connectivity index (χ2v) is 6.54. The molecule has 0 spiro atoms. The van der Waals surface area contributed by atoms with Crippen molar-refractivity contribution in [3.63, 3.8) is 0 Å². The Balaban J connectivity index is 1.66. The van der Waals surface area contributed by atoms with Crippen LogP contribution in [0.3, 0.4) is 0 Å². The molecular weight excluding hydrogens is 348 g/mol. The van der Waals surface area contributed by atoms with Crippen LogP contribution in [-0.2, 0) is 4.79 Å². The van der Waals surface area contributed by atoms with Crippen LogP contribution in [-0.4, -0.2) is 16.8 Å². The predicted molar refractivity (Wildman–Crippen MR) is 106 cm³/mol. The van der Waals surface area contributed by atoms with Crippen molar-refractivity contribution in [2.75, 3.05) is 16.0 Å². The summed E-state index contributed by atoms with van der Waals surface area (Å²) in [6, 6.07) is 14.7. The second-order valence-electron chi connectivity index (χ2n) is 5.77. The van der Waals surface area contributed by atoms with Crippen molar-refractivity contribution < 1.29 is 9.59 Å². The fourth-order valence-corrected chi connectivity index (χ4v) is 3.19. The zero-order valence-corrected chi connectivity index (χ0v) is 15.2. The lowest BCUT2D eigenvalue weighted by atomic mass is 10.1. The molecule has 26 heavy (non-hydrogen) atoms. The van der Waals surface area contributed by atoms with E-state index in [9.17, 15) is 9.59 Å². The minimum Gasteiger partial charge on any atom is -0.319 e. The Hall–Kier alpha value is -3.19. The molecule has 3 amide bonds. The molecule has 3 N–H and O–H groups in total. The summed E-state index contributed by atoms with van der Waals surface area (Å²) in [4.78, 5) is 22.7. The molecule has 0 aliphatic rings. The molecule has 132 valence electrons. The molecule has 6 nitrogen and oxygen atoms in total. The Bertz CT molecular complexity index is 918. The fraction of sp³-hybridized carbons (Fsp3) is 0.105. The number of rotatable bonds is 5. The molecule has 2 aromatic carbocycles. The van der Waals surface area contributed by atoms with Gasteiger partial charge in [-0.1, -0.05) is 29.8 Å². The van der Waals surface area contributed by atoms with Gasteiger partial charge in [0.15, 0.2) is 0 Å². The molecule has 7 heteroatoms. The van der Waals surface area contributed by atoms with Gasteiger partial charge in [-0.05, 0) is 49.6 Å². The first-order valence-corrected chi connectivity index (χ1v) is 8.75. The van der Waals surface area contributed by atoms with E-state index in [2.05, 4.69) is 20.3 Å². The molecule has 0 saturated heterocycles. The number of aryl methyl sites for hydroxylation is 1. The van der Waals surface area contributed by atoms with E-state index < -0.39 is 0 Å². The summed E-state index contributed by atoms with van der Waals surface area (Å²) >= 11 is 1.24. The molecule has 0 aliphatic carbocycles. The SMILES string of the molecule is Cc1ccc(NC(=O)Nc2ccc(-c3nsc(NC=O)c3C)cc2)cc1. The molecular formula is C19H18N4O2S. The van der Waals surface area contributed by atoms with Gasteiger partial charge >= 0.3 is 6.03 Å². The summed E-state index contributed by atoms with van der Waals surface area (Å²) in [5.74, 6) is 0. The van der Waals surface area contributed by atoms with Crippen LogP contribution in [0.15, 0.2) is 48.5 Å². The summed E-state index contributed by atoms with van der Waals surface area (Å²) in [6.07, 6.45) is 0.643. The average Bonchev–Trinajstić information content (AvgIpc) is 2.99. The summed E-state index contributed by atoms with van der Waals surface area (Å²) in [7, 11) is 0. The fourth-order valence-electron chi connectivity index (χ4n) is 2.43. The Kier molecular flexibility index (Phi) is 5.28. The monoisotopic (exact) mass is 366 g/mol. The maximum absolute atomic E-state index is 12.1. The van der Waals surface area contributed by atoms with Crippen LogP contribution in [0.4, 0.5) is 21.2 Å². The van der Waals surface area contributed by atoms with Crippen molar-refractivity contribution in [2.45, 2.75) is 13.8 Å². The average molecular weight is 366 g/mol. The van der Waals surface area contributed by atoms with E-state index in [4.69, 9.17) is 0 Å². The van der Waals surface area contributed by atoms with Crippen LogP contribution in [0, 0.1) is 13.8 Å². The largest absolute Gasteiger partial charge is 0.323 e. The van der Waals surface area contributed by atoms with Crippen molar-refractivity contribution in [3.8, 4) is 11.3 Å². The topological polar surface area (TPSA) is 83.1 Å². The summed E-state index contributed by atoms with van der Waals surface area (Å²) in [6.45, 7) is 3.90. The maximum atomic E-state index is 12.1. The normalized spacial score (nSPS) is 10.2. The Morgan fingerprint density at radius 1 is 0.962 bits per heavy atom. The van der Waals surface area contributed by atoms with E-state index in [-0.39, 0.29) is 6.03 Å². The zero-order chi connectivity index (χ0) is 18.5. The van der Waals surface area contributed by atoms with Gasteiger partial charge in [-0.15, -0.1) is 0 Å². The van der Waals surface area contributed by atoms with Gasteiger partial charge in [0.1, 0.15) is 5.00 Å². The van der Waals surface area contributed by atoms with E-state index in [1.54, 1.807) is 0 Å². The molecule has 0 aliphatic heterocycles. The number of aromatic nitrogens is 1. The zero-order valence-electron chi connectivity index (χ0n) is 14.4. The van der Waals surface area contributed by atoms with E-state index in [0.717, 1.165) is 33.1 Å². The van der Waals surface area contributed by atoms with Gasteiger partial charge in [0.25, 0.3) is 0 Å². The number of amides is 3. The number of anilines is 3. The van der Waals surface area contributed by atoms with Crippen molar-refractivity contribution >= 4 is 40.3 Å². The van der Waals surface area contributed by atoms with Crippen molar-refractivity contribution in [2.24, 2.45) is 0 Å². The third-order valence-corrected chi connectivity index (χ3v) is 4.72. The number of carbonyl (C=O) groups is 2. The first-order chi connectivity index (χ1) is 12.6. The van der Waals surface area contributed by atoms with Crippen LogP contribution < -0.4 is 16.0 Å². The maximum Gasteiger partial charge on any atom is 0.323 e. The van der Waals surface area contributed by atoms with E-state index in [0.29, 0.717) is 12.1 Å². The first-order valence-electron chi connectivity index (χ1n) is 7.98. The number of nitrogens with zero attached hydrogens (tertiary/aromatic N) is 1. The summed E-state index contributed by atoms with van der Waals surface area (Å²) < 4.78 is 4.38. The number of carbonyl (C=O) groups excluding carboxylic acids is 2. The number of benzene rings is 2. The molecule has 0 fully saturated rings. The van der Waals surface area contributed by atoms with Gasteiger partial charge in [-0.2, -0.15) is 4.37 Å². The number of urea groups is 1. The van der Waals surface area contributed by atoms with Crippen LogP contribution in [0.25, 0.3) is 11.3 Å². The first kappa shape index (κ1) is 17.6. The molecule has 0 unspecified atom stereocenters. The molecule has 1 aromatic heterocycles. The summed E-state index contributed by atoms with van der Waals surface area (Å²) in [5, 5.41) is 8.96. The lowest BCUT2D eigenvalue weighted by molar-refractivity contribution is -0.105. The van der Waals surface area contributed by atoms with Gasteiger partial charge < -0.3 is 16.0 Å². The van der Waals surface area contributed by atoms with Crippen molar-refractivity contribution in [1.29, 1.82) is 0 Å². The van der Waals surface area contributed by atoms with Crippen molar-refractivity contribution in [1.82, 2.24) is 4.37 Å². The van der Waals surface area contributed by atoms with Crippen LogP contribution in [0.1, 0.15) is 11.1 Å². The Morgan fingerprint density at radius 2 is 1.54 bits per heavy atom. The lowest BCUT2D eigenvalue weighted by Gasteiger charge is -2.08. The molecule has 3 rings (SSSR count). The van der Waals surface area contributed by atoms with E-state index >= 15 is 0 Å². The third kappa shape index (κ3) is 4.07. The molecule has 0 saturated carbocycles. The third-order valence-electron chi connectivity index (χ3n) is 3.84. The van der Waals surface area contributed by atoms with Gasteiger partial charge in [0.2, 0.25) is 6.41 Å². The molecule has 3 aromatic rings. The highest BCUT2D eigenvalue weighted by Gasteiger charge is 2.11.